The Labute approximate surface area is 149 Å². The van der Waals surface area contributed by atoms with Crippen molar-refractivity contribution in [3.8, 4) is 0 Å². The summed E-state index contributed by atoms with van der Waals surface area (Å²) in [5.74, 6) is -0.803. The molecule has 0 saturated carbocycles. The number of carbonyl (C=O) groups excluding carboxylic acids is 1. The maximum absolute atomic E-state index is 12.4. The molecule has 4 atom stereocenters. The molecule has 1 fully saturated rings. The fraction of sp³-hybridized carbons (Fsp3) is 0.611. The second-order valence-electron chi connectivity index (χ2n) is 6.28. The lowest BCUT2D eigenvalue weighted by molar-refractivity contribution is -0.214. The number of esters is 1. The van der Waals surface area contributed by atoms with Gasteiger partial charge in [-0.1, -0.05) is 30.3 Å². The third kappa shape index (κ3) is 5.52. The molecular weight excluding hydrogens is 344 g/mol. The van der Waals surface area contributed by atoms with Crippen molar-refractivity contribution in [3.05, 3.63) is 35.9 Å². The van der Waals surface area contributed by atoms with Gasteiger partial charge in [-0.3, -0.25) is 4.79 Å². The van der Waals surface area contributed by atoms with Crippen molar-refractivity contribution in [2.75, 3.05) is 12.9 Å². The molecule has 1 saturated heterocycles. The van der Waals surface area contributed by atoms with Crippen LogP contribution in [0.25, 0.3) is 0 Å². The van der Waals surface area contributed by atoms with E-state index in [1.54, 1.807) is 31.2 Å². The molecular formula is C18H26O6S. The van der Waals surface area contributed by atoms with Gasteiger partial charge in [0.05, 0.1) is 12.7 Å². The highest BCUT2D eigenvalue weighted by Crippen LogP contribution is 2.31. The first-order chi connectivity index (χ1) is 11.8. The second-order valence-corrected chi connectivity index (χ2v) is 8.44. The maximum atomic E-state index is 12.4. The van der Waals surface area contributed by atoms with E-state index in [0.717, 1.165) is 19.1 Å². The Morgan fingerprint density at radius 1 is 1.28 bits per heavy atom. The van der Waals surface area contributed by atoms with E-state index >= 15 is 0 Å². The smallest absolute Gasteiger partial charge is 0.327 e. The fourth-order valence-corrected chi connectivity index (χ4v) is 4.03. The van der Waals surface area contributed by atoms with Crippen molar-refractivity contribution in [1.82, 2.24) is 0 Å². The summed E-state index contributed by atoms with van der Waals surface area (Å²) in [6.07, 6.45) is 2.05. The number of hydrogen-bond donors (Lipinski definition) is 0. The molecule has 0 bridgehead atoms. The largest absolute Gasteiger partial charge is 0.465 e. The van der Waals surface area contributed by atoms with Crippen LogP contribution in [0, 0.1) is 0 Å². The minimum atomic E-state index is -3.75. The van der Waals surface area contributed by atoms with Crippen LogP contribution in [0.15, 0.2) is 30.3 Å². The van der Waals surface area contributed by atoms with E-state index < -0.39 is 33.5 Å². The summed E-state index contributed by atoms with van der Waals surface area (Å²) in [6, 6.07) is 8.86. The number of rotatable bonds is 7. The van der Waals surface area contributed by atoms with Gasteiger partial charge in [-0.2, -0.15) is 0 Å². The molecule has 1 aromatic rings. The summed E-state index contributed by atoms with van der Waals surface area (Å²) in [4.78, 5) is 12.4. The van der Waals surface area contributed by atoms with Crippen molar-refractivity contribution >= 4 is 15.8 Å². The van der Waals surface area contributed by atoms with Gasteiger partial charge in [-0.15, -0.1) is 0 Å². The average molecular weight is 370 g/mol. The Balaban J connectivity index is 2.36. The molecule has 25 heavy (non-hydrogen) atoms. The zero-order chi connectivity index (χ0) is 18.4. The number of benzene rings is 1. The summed E-state index contributed by atoms with van der Waals surface area (Å²) in [5, 5.41) is -1.43. The number of ether oxygens (including phenoxy) is 3. The molecule has 1 aromatic carbocycles. The lowest BCUT2D eigenvalue weighted by Crippen LogP contribution is -2.41. The van der Waals surface area contributed by atoms with Gasteiger partial charge >= 0.3 is 5.97 Å². The number of carbonyl (C=O) groups is 1. The van der Waals surface area contributed by atoms with Crippen LogP contribution >= 0.6 is 0 Å². The molecule has 7 heteroatoms. The second kappa shape index (κ2) is 8.78. The summed E-state index contributed by atoms with van der Waals surface area (Å²) in [5.41, 5.74) is 0.604. The lowest BCUT2D eigenvalue weighted by atomic mass is 10.1. The van der Waals surface area contributed by atoms with E-state index in [1.165, 1.54) is 0 Å². The predicted molar refractivity (Wildman–Crippen MR) is 93.7 cm³/mol. The van der Waals surface area contributed by atoms with E-state index in [0.29, 0.717) is 12.0 Å². The summed E-state index contributed by atoms with van der Waals surface area (Å²) in [7, 11) is -3.75. The highest BCUT2D eigenvalue weighted by Gasteiger charge is 2.41. The normalized spacial score (nSPS) is 23.6. The van der Waals surface area contributed by atoms with Gasteiger partial charge in [-0.05, 0) is 38.7 Å². The van der Waals surface area contributed by atoms with E-state index in [4.69, 9.17) is 14.2 Å². The minimum absolute atomic E-state index is 0.0365. The predicted octanol–water partition coefficient (Wildman–Crippen LogP) is 2.64. The van der Waals surface area contributed by atoms with Crippen LogP contribution in [-0.4, -0.2) is 44.9 Å². The van der Waals surface area contributed by atoms with E-state index in [1.807, 2.05) is 13.0 Å². The lowest BCUT2D eigenvalue weighted by Gasteiger charge is -2.33. The standard InChI is InChI=1S/C18H26O6S/c1-4-22-18(19)17(25(3,20)21)16(14-10-6-5-7-11-14)24-15-12-8-9-13(2)23-15/h5-7,10-11,13,15-17H,4,8-9,12H2,1-3H3/t13-,15?,16+,17?/m0/s1. The summed E-state index contributed by atoms with van der Waals surface area (Å²) < 4.78 is 41.5. The molecule has 0 amide bonds. The Hall–Kier alpha value is -1.44. The minimum Gasteiger partial charge on any atom is -0.465 e. The first kappa shape index (κ1) is 19.9. The van der Waals surface area contributed by atoms with E-state index in [2.05, 4.69) is 0 Å². The molecule has 1 aliphatic heterocycles. The highest BCUT2D eigenvalue weighted by molar-refractivity contribution is 7.92. The Kier molecular flexibility index (Phi) is 6.98. The van der Waals surface area contributed by atoms with E-state index in [9.17, 15) is 13.2 Å². The van der Waals surface area contributed by atoms with E-state index in [-0.39, 0.29) is 12.7 Å². The van der Waals surface area contributed by atoms with Gasteiger partial charge in [0.25, 0.3) is 0 Å². The van der Waals surface area contributed by atoms with Crippen LogP contribution in [0.1, 0.15) is 44.8 Å². The third-order valence-electron chi connectivity index (χ3n) is 4.12. The fourth-order valence-electron chi connectivity index (χ4n) is 2.95. The molecule has 0 aliphatic carbocycles. The van der Waals surface area contributed by atoms with Gasteiger partial charge in [-0.25, -0.2) is 8.42 Å². The Morgan fingerprint density at radius 2 is 1.96 bits per heavy atom. The monoisotopic (exact) mass is 370 g/mol. The topological polar surface area (TPSA) is 78.9 Å². The van der Waals surface area contributed by atoms with Crippen molar-refractivity contribution in [1.29, 1.82) is 0 Å². The molecule has 0 radical (unpaired) electrons. The van der Waals surface area contributed by atoms with Crippen LogP contribution < -0.4 is 0 Å². The van der Waals surface area contributed by atoms with Crippen LogP contribution in [0.4, 0.5) is 0 Å². The molecule has 0 aromatic heterocycles. The molecule has 1 aliphatic rings. The van der Waals surface area contributed by atoms with Gasteiger partial charge in [0.15, 0.2) is 21.4 Å². The summed E-state index contributed by atoms with van der Waals surface area (Å²) >= 11 is 0. The average Bonchev–Trinajstić information content (AvgIpc) is 2.54. The molecule has 6 nitrogen and oxygen atoms in total. The quantitative estimate of drug-likeness (QED) is 0.687. The van der Waals surface area contributed by atoms with Crippen LogP contribution in [0.5, 0.6) is 0 Å². The van der Waals surface area contributed by atoms with Crippen LogP contribution in [0.2, 0.25) is 0 Å². The molecule has 2 rings (SSSR count). The SMILES string of the molecule is CCOC(=O)C([C@H](OC1CCC[C@H](C)O1)c1ccccc1)S(C)(=O)=O. The van der Waals surface area contributed by atoms with Crippen molar-refractivity contribution in [2.24, 2.45) is 0 Å². The van der Waals surface area contributed by atoms with Crippen LogP contribution in [-0.2, 0) is 28.8 Å². The number of sulfone groups is 1. The molecule has 1 heterocycles. The van der Waals surface area contributed by atoms with Gasteiger partial charge < -0.3 is 14.2 Å². The molecule has 140 valence electrons. The first-order valence-corrected chi connectivity index (χ1v) is 10.5. The number of hydrogen-bond acceptors (Lipinski definition) is 6. The van der Waals surface area contributed by atoms with Gasteiger partial charge in [0.1, 0.15) is 6.10 Å². The van der Waals surface area contributed by atoms with Gasteiger partial charge in [0.2, 0.25) is 0 Å². The molecule has 0 N–H and O–H groups in total. The third-order valence-corrected chi connectivity index (χ3v) is 5.48. The first-order valence-electron chi connectivity index (χ1n) is 8.54. The molecule has 0 spiro atoms. The molecule has 2 unspecified atom stereocenters. The Morgan fingerprint density at radius 3 is 2.52 bits per heavy atom. The zero-order valence-electron chi connectivity index (χ0n) is 14.9. The highest BCUT2D eigenvalue weighted by atomic mass is 32.2. The maximum Gasteiger partial charge on any atom is 0.327 e. The van der Waals surface area contributed by atoms with Crippen molar-refractivity contribution in [3.63, 3.8) is 0 Å². The van der Waals surface area contributed by atoms with Gasteiger partial charge in [0, 0.05) is 6.26 Å². The zero-order valence-corrected chi connectivity index (χ0v) is 15.7. The van der Waals surface area contributed by atoms with Crippen molar-refractivity contribution < 1.29 is 27.4 Å². The summed E-state index contributed by atoms with van der Waals surface area (Å²) in [6.45, 7) is 3.69. The van der Waals surface area contributed by atoms with Crippen LogP contribution in [0.3, 0.4) is 0 Å². The Bertz CT molecular complexity index is 657. The van der Waals surface area contributed by atoms with Crippen molar-refractivity contribution in [2.45, 2.75) is 56.9 Å².